The molecule has 24 heavy (non-hydrogen) atoms. The van der Waals surface area contributed by atoms with E-state index in [0.717, 1.165) is 5.69 Å². The molecule has 1 atom stereocenters. The van der Waals surface area contributed by atoms with Crippen LogP contribution in [0.5, 0.6) is 0 Å². The number of hydrogen-bond acceptors (Lipinski definition) is 2. The van der Waals surface area contributed by atoms with E-state index < -0.39 is 0 Å². The Morgan fingerprint density at radius 2 is 1.83 bits per heavy atom. The lowest BCUT2D eigenvalue weighted by Gasteiger charge is -2.16. The van der Waals surface area contributed by atoms with Gasteiger partial charge in [-0.15, -0.1) is 0 Å². The number of nitrogens with zero attached hydrogens (tertiary/aromatic N) is 1. The normalized spacial score (nSPS) is 17.1. The van der Waals surface area contributed by atoms with Gasteiger partial charge in [-0.3, -0.25) is 9.59 Å². The lowest BCUT2D eigenvalue weighted by atomic mass is 10.1. The number of para-hydroxylation sites is 1. The van der Waals surface area contributed by atoms with Crippen LogP contribution < -0.4 is 10.2 Å². The molecule has 0 radical (unpaired) electrons. The van der Waals surface area contributed by atoms with Gasteiger partial charge in [0, 0.05) is 25.2 Å². The minimum atomic E-state index is -0.363. The molecule has 5 heteroatoms. The summed E-state index contributed by atoms with van der Waals surface area (Å²) in [5.74, 6) is -0.829. The van der Waals surface area contributed by atoms with E-state index in [9.17, 15) is 14.0 Å². The zero-order valence-electron chi connectivity index (χ0n) is 13.2. The fraction of sp³-hybridized carbons (Fsp3) is 0.263. The lowest BCUT2D eigenvalue weighted by molar-refractivity contribution is -0.126. The number of hydrogen-bond donors (Lipinski definition) is 1. The van der Waals surface area contributed by atoms with Crippen LogP contribution in [-0.4, -0.2) is 24.9 Å². The Morgan fingerprint density at radius 1 is 1.12 bits per heavy atom. The molecule has 1 aliphatic heterocycles. The summed E-state index contributed by atoms with van der Waals surface area (Å²) in [6.07, 6.45) is 0.641. The summed E-state index contributed by atoms with van der Waals surface area (Å²) in [6, 6.07) is 15.9. The highest BCUT2D eigenvalue weighted by Gasteiger charge is 2.34. The topological polar surface area (TPSA) is 49.4 Å². The van der Waals surface area contributed by atoms with E-state index in [1.807, 2.05) is 30.3 Å². The maximum atomic E-state index is 13.5. The predicted molar refractivity (Wildman–Crippen MR) is 90.0 cm³/mol. The Hall–Kier alpha value is -2.69. The lowest BCUT2D eigenvalue weighted by Crippen LogP contribution is -2.34. The average molecular weight is 326 g/mol. The Kier molecular flexibility index (Phi) is 4.89. The highest BCUT2D eigenvalue weighted by atomic mass is 19.1. The molecular weight excluding hydrogens is 307 g/mol. The van der Waals surface area contributed by atoms with Crippen LogP contribution >= 0.6 is 0 Å². The fourth-order valence-corrected chi connectivity index (χ4v) is 2.91. The van der Waals surface area contributed by atoms with Gasteiger partial charge in [-0.1, -0.05) is 36.4 Å². The zero-order chi connectivity index (χ0) is 16.9. The maximum absolute atomic E-state index is 13.5. The smallest absolute Gasteiger partial charge is 0.227 e. The molecule has 2 aromatic rings. The second-order valence-corrected chi connectivity index (χ2v) is 5.87. The zero-order valence-corrected chi connectivity index (χ0v) is 13.2. The van der Waals surface area contributed by atoms with Gasteiger partial charge in [0.2, 0.25) is 11.8 Å². The fourth-order valence-electron chi connectivity index (χ4n) is 2.91. The average Bonchev–Trinajstić information content (AvgIpc) is 2.99. The van der Waals surface area contributed by atoms with Gasteiger partial charge in [0.05, 0.1) is 5.92 Å². The van der Waals surface area contributed by atoms with E-state index in [-0.39, 0.29) is 30.0 Å². The quantitative estimate of drug-likeness (QED) is 0.918. The van der Waals surface area contributed by atoms with Crippen LogP contribution in [0.3, 0.4) is 0 Å². The molecule has 2 aromatic carbocycles. The number of carbonyl (C=O) groups excluding carboxylic acids is 2. The Bertz CT molecular complexity index is 733. The summed E-state index contributed by atoms with van der Waals surface area (Å²) in [5, 5.41) is 2.81. The molecule has 124 valence electrons. The van der Waals surface area contributed by atoms with Crippen molar-refractivity contribution in [2.75, 3.05) is 18.0 Å². The third-order valence-corrected chi connectivity index (χ3v) is 4.22. The van der Waals surface area contributed by atoms with Gasteiger partial charge in [-0.25, -0.2) is 4.39 Å². The first-order valence-corrected chi connectivity index (χ1v) is 8.01. The van der Waals surface area contributed by atoms with Crippen molar-refractivity contribution in [1.82, 2.24) is 5.32 Å². The molecule has 0 unspecified atom stereocenters. The van der Waals surface area contributed by atoms with E-state index in [0.29, 0.717) is 25.1 Å². The van der Waals surface area contributed by atoms with Gasteiger partial charge in [0.25, 0.3) is 0 Å². The van der Waals surface area contributed by atoms with Gasteiger partial charge in [-0.05, 0) is 30.2 Å². The van der Waals surface area contributed by atoms with Crippen LogP contribution in [0.1, 0.15) is 12.0 Å². The summed E-state index contributed by atoms with van der Waals surface area (Å²) >= 11 is 0. The molecule has 0 spiro atoms. The standard InChI is InChI=1S/C19H19FN2O2/c20-17-9-5-4-6-14(17)10-11-21-19(24)15-12-18(23)22(13-15)16-7-2-1-3-8-16/h1-9,15H,10-13H2,(H,21,24)/t15-/m1/s1. The van der Waals surface area contributed by atoms with Crippen molar-refractivity contribution in [1.29, 1.82) is 0 Å². The van der Waals surface area contributed by atoms with Crippen LogP contribution in [-0.2, 0) is 16.0 Å². The number of rotatable bonds is 5. The molecule has 0 bridgehead atoms. The maximum Gasteiger partial charge on any atom is 0.227 e. The van der Waals surface area contributed by atoms with Gasteiger partial charge in [0.15, 0.2) is 0 Å². The molecule has 0 saturated carbocycles. The van der Waals surface area contributed by atoms with Crippen LogP contribution in [0.25, 0.3) is 0 Å². The van der Waals surface area contributed by atoms with E-state index in [1.165, 1.54) is 6.07 Å². The first-order chi connectivity index (χ1) is 11.6. The van der Waals surface area contributed by atoms with Gasteiger partial charge < -0.3 is 10.2 Å². The van der Waals surface area contributed by atoms with Crippen molar-refractivity contribution in [3.8, 4) is 0 Å². The van der Waals surface area contributed by atoms with Crippen molar-refractivity contribution >= 4 is 17.5 Å². The largest absolute Gasteiger partial charge is 0.355 e. The molecule has 0 aromatic heterocycles. The minimum Gasteiger partial charge on any atom is -0.355 e. The Labute approximate surface area is 140 Å². The van der Waals surface area contributed by atoms with E-state index in [1.54, 1.807) is 23.1 Å². The first kappa shape index (κ1) is 16.2. The highest BCUT2D eigenvalue weighted by Crippen LogP contribution is 2.24. The van der Waals surface area contributed by atoms with Crippen molar-refractivity contribution < 1.29 is 14.0 Å². The van der Waals surface area contributed by atoms with Crippen molar-refractivity contribution in [2.45, 2.75) is 12.8 Å². The second kappa shape index (κ2) is 7.25. The van der Waals surface area contributed by atoms with Crippen molar-refractivity contribution in [3.63, 3.8) is 0 Å². The summed E-state index contributed by atoms with van der Waals surface area (Å²) < 4.78 is 13.5. The van der Waals surface area contributed by atoms with Crippen LogP contribution in [0.4, 0.5) is 10.1 Å². The monoisotopic (exact) mass is 326 g/mol. The van der Waals surface area contributed by atoms with Gasteiger partial charge in [-0.2, -0.15) is 0 Å². The number of anilines is 1. The first-order valence-electron chi connectivity index (χ1n) is 8.01. The summed E-state index contributed by atoms with van der Waals surface area (Å²) in [5.41, 5.74) is 1.38. The van der Waals surface area contributed by atoms with Crippen LogP contribution in [0, 0.1) is 11.7 Å². The molecule has 0 aliphatic carbocycles. The van der Waals surface area contributed by atoms with Crippen molar-refractivity contribution in [2.24, 2.45) is 5.92 Å². The SMILES string of the molecule is O=C(NCCc1ccccc1F)[C@@H]1CC(=O)N(c2ccccc2)C1. The van der Waals surface area contributed by atoms with Gasteiger partial charge >= 0.3 is 0 Å². The summed E-state index contributed by atoms with van der Waals surface area (Å²) in [6.45, 7) is 0.740. The predicted octanol–water partition coefficient (Wildman–Crippen LogP) is 2.54. The van der Waals surface area contributed by atoms with E-state index >= 15 is 0 Å². The molecule has 2 amide bonds. The highest BCUT2D eigenvalue weighted by molar-refractivity contribution is 6.00. The van der Waals surface area contributed by atoms with E-state index in [4.69, 9.17) is 0 Å². The molecular formula is C19H19FN2O2. The number of carbonyl (C=O) groups is 2. The summed E-state index contributed by atoms with van der Waals surface area (Å²) in [4.78, 5) is 26.0. The molecule has 1 N–H and O–H groups in total. The van der Waals surface area contributed by atoms with Crippen LogP contribution in [0.2, 0.25) is 0 Å². The molecule has 3 rings (SSSR count). The Balaban J connectivity index is 1.53. The minimum absolute atomic E-state index is 0.0459. The molecule has 1 fully saturated rings. The van der Waals surface area contributed by atoms with E-state index in [2.05, 4.69) is 5.32 Å². The molecule has 4 nitrogen and oxygen atoms in total. The number of amides is 2. The molecule has 1 saturated heterocycles. The summed E-state index contributed by atoms with van der Waals surface area (Å²) in [7, 11) is 0. The van der Waals surface area contributed by atoms with Crippen molar-refractivity contribution in [3.05, 3.63) is 66.0 Å². The number of nitrogens with one attached hydrogen (secondary N) is 1. The van der Waals surface area contributed by atoms with Crippen LogP contribution in [0.15, 0.2) is 54.6 Å². The number of benzene rings is 2. The molecule has 1 heterocycles. The Morgan fingerprint density at radius 3 is 2.58 bits per heavy atom. The number of halogens is 1. The second-order valence-electron chi connectivity index (χ2n) is 5.87. The van der Waals surface area contributed by atoms with Gasteiger partial charge in [0.1, 0.15) is 5.82 Å². The molecule has 1 aliphatic rings. The third-order valence-electron chi connectivity index (χ3n) is 4.22. The third kappa shape index (κ3) is 3.62.